The maximum atomic E-state index is 12.4. The minimum Gasteiger partial charge on any atom is -0.393 e. The first-order chi connectivity index (χ1) is 11.1. The van der Waals surface area contributed by atoms with E-state index >= 15 is 0 Å². The summed E-state index contributed by atoms with van der Waals surface area (Å²) in [6, 6.07) is 9.62. The van der Waals surface area contributed by atoms with E-state index in [1.54, 1.807) is 11.0 Å². The quantitative estimate of drug-likeness (QED) is 0.923. The van der Waals surface area contributed by atoms with Gasteiger partial charge in [0.1, 0.15) is 5.60 Å². The lowest BCUT2D eigenvalue weighted by molar-refractivity contribution is -0.124. The summed E-state index contributed by atoms with van der Waals surface area (Å²) in [4.78, 5) is 14.1. The first-order valence-corrected chi connectivity index (χ1v) is 7.62. The van der Waals surface area contributed by atoms with Crippen LogP contribution < -0.4 is 0 Å². The van der Waals surface area contributed by atoms with Crippen LogP contribution in [0.15, 0.2) is 41.1 Å². The van der Waals surface area contributed by atoms with Crippen LogP contribution in [0.25, 0.3) is 0 Å². The van der Waals surface area contributed by atoms with Gasteiger partial charge >= 0.3 is 0 Å². The van der Waals surface area contributed by atoms with E-state index in [4.69, 9.17) is 9.26 Å². The van der Waals surface area contributed by atoms with Gasteiger partial charge in [0.25, 0.3) is 5.91 Å². The number of hydrogen-bond donors (Lipinski definition) is 1. The Bertz CT molecular complexity index is 671. The van der Waals surface area contributed by atoms with Crippen molar-refractivity contribution in [2.75, 3.05) is 26.3 Å². The van der Waals surface area contributed by atoms with Crippen molar-refractivity contribution < 1.29 is 19.2 Å². The highest BCUT2D eigenvalue weighted by Gasteiger charge is 2.39. The normalized spacial score (nSPS) is 21.4. The summed E-state index contributed by atoms with van der Waals surface area (Å²) in [7, 11) is 0. The van der Waals surface area contributed by atoms with E-state index in [-0.39, 0.29) is 18.3 Å². The summed E-state index contributed by atoms with van der Waals surface area (Å²) >= 11 is 0. The molecular weight excluding hydrogens is 296 g/mol. The predicted octanol–water partition coefficient (Wildman–Crippen LogP) is 1.43. The minimum absolute atomic E-state index is 0.152. The van der Waals surface area contributed by atoms with Crippen molar-refractivity contribution in [1.82, 2.24) is 10.1 Å². The number of benzene rings is 1. The third kappa shape index (κ3) is 3.43. The van der Waals surface area contributed by atoms with Gasteiger partial charge in [-0.15, -0.1) is 0 Å². The Labute approximate surface area is 134 Å². The number of carbonyl (C=O) groups is 1. The standard InChI is InChI=1S/C17H20N2O4/c1-13-3-2-4-14(9-13)10-17(12-20)11-19(7-8-22-17)16(21)15-5-6-18-23-15/h2-6,9,20H,7-8,10-12H2,1H3/t17-/m1/s1. The second-order valence-electron chi connectivity index (χ2n) is 5.96. The lowest BCUT2D eigenvalue weighted by Crippen LogP contribution is -2.56. The Hall–Kier alpha value is -2.18. The lowest BCUT2D eigenvalue weighted by atomic mass is 9.92. The number of aliphatic hydroxyl groups is 1. The van der Waals surface area contributed by atoms with Crippen molar-refractivity contribution >= 4 is 5.91 Å². The van der Waals surface area contributed by atoms with Gasteiger partial charge in [-0.1, -0.05) is 35.0 Å². The van der Waals surface area contributed by atoms with Crippen LogP contribution in [0.5, 0.6) is 0 Å². The van der Waals surface area contributed by atoms with E-state index in [2.05, 4.69) is 11.2 Å². The molecule has 1 saturated heterocycles. The maximum absolute atomic E-state index is 12.4. The number of rotatable bonds is 4. The molecule has 0 saturated carbocycles. The number of aliphatic hydroxyl groups excluding tert-OH is 1. The SMILES string of the molecule is Cc1cccc(C[C@]2(CO)CN(C(=O)c3ccno3)CCO2)c1. The molecule has 3 rings (SSSR count). The summed E-state index contributed by atoms with van der Waals surface area (Å²) in [6.07, 6.45) is 1.99. The third-order valence-corrected chi connectivity index (χ3v) is 4.08. The number of ether oxygens (including phenoxy) is 1. The number of amides is 1. The molecule has 1 aromatic heterocycles. The molecule has 23 heavy (non-hydrogen) atoms. The summed E-state index contributed by atoms with van der Waals surface area (Å²) in [6.45, 7) is 3.04. The van der Waals surface area contributed by atoms with Gasteiger partial charge in [-0.2, -0.15) is 0 Å². The Morgan fingerprint density at radius 1 is 1.43 bits per heavy atom. The molecule has 1 aromatic carbocycles. The van der Waals surface area contributed by atoms with Crippen molar-refractivity contribution in [2.24, 2.45) is 0 Å². The summed E-state index contributed by atoms with van der Waals surface area (Å²) in [5, 5.41) is 13.5. The van der Waals surface area contributed by atoms with Crippen LogP contribution in [0.3, 0.4) is 0 Å². The van der Waals surface area contributed by atoms with Crippen LogP contribution >= 0.6 is 0 Å². The maximum Gasteiger partial charge on any atom is 0.292 e. The summed E-state index contributed by atoms with van der Waals surface area (Å²) in [5.41, 5.74) is 1.44. The van der Waals surface area contributed by atoms with Crippen molar-refractivity contribution in [2.45, 2.75) is 18.9 Å². The van der Waals surface area contributed by atoms with Crippen molar-refractivity contribution in [3.63, 3.8) is 0 Å². The lowest BCUT2D eigenvalue weighted by Gasteiger charge is -2.41. The molecule has 0 spiro atoms. The molecule has 1 amide bonds. The molecule has 6 heteroatoms. The van der Waals surface area contributed by atoms with E-state index in [0.717, 1.165) is 11.1 Å². The van der Waals surface area contributed by atoms with E-state index in [1.807, 2.05) is 25.1 Å². The zero-order valence-corrected chi connectivity index (χ0v) is 13.1. The van der Waals surface area contributed by atoms with Gasteiger partial charge in [-0.05, 0) is 12.5 Å². The number of hydrogen-bond acceptors (Lipinski definition) is 5. The molecule has 2 aromatic rings. The highest BCUT2D eigenvalue weighted by Crippen LogP contribution is 2.24. The second-order valence-corrected chi connectivity index (χ2v) is 5.96. The molecule has 1 aliphatic rings. The number of carbonyl (C=O) groups excluding carboxylic acids is 1. The van der Waals surface area contributed by atoms with E-state index in [0.29, 0.717) is 26.1 Å². The van der Waals surface area contributed by atoms with E-state index in [1.165, 1.54) is 6.20 Å². The zero-order valence-electron chi connectivity index (χ0n) is 13.1. The largest absolute Gasteiger partial charge is 0.393 e. The molecule has 0 aliphatic carbocycles. The fourth-order valence-electron chi connectivity index (χ4n) is 2.95. The molecule has 1 aliphatic heterocycles. The summed E-state index contributed by atoms with van der Waals surface area (Å²) < 4.78 is 10.8. The Balaban J connectivity index is 1.77. The van der Waals surface area contributed by atoms with Gasteiger partial charge in [0.2, 0.25) is 5.76 Å². The Morgan fingerprint density at radius 3 is 3.00 bits per heavy atom. The van der Waals surface area contributed by atoms with Gasteiger partial charge in [-0.25, -0.2) is 0 Å². The van der Waals surface area contributed by atoms with Gasteiger partial charge in [0.05, 0.1) is 26.0 Å². The average Bonchev–Trinajstić information content (AvgIpc) is 3.09. The average molecular weight is 316 g/mol. The fraction of sp³-hybridized carbons (Fsp3) is 0.412. The number of aryl methyl sites for hydroxylation is 1. The third-order valence-electron chi connectivity index (χ3n) is 4.08. The van der Waals surface area contributed by atoms with Crippen LogP contribution in [-0.4, -0.2) is 53.0 Å². The molecule has 6 nitrogen and oxygen atoms in total. The number of nitrogens with zero attached hydrogens (tertiary/aromatic N) is 2. The molecule has 0 unspecified atom stereocenters. The molecule has 1 fully saturated rings. The zero-order chi connectivity index (χ0) is 16.3. The smallest absolute Gasteiger partial charge is 0.292 e. The van der Waals surface area contributed by atoms with Crippen molar-refractivity contribution in [1.29, 1.82) is 0 Å². The number of morpholine rings is 1. The minimum atomic E-state index is -0.790. The van der Waals surface area contributed by atoms with Crippen LogP contribution in [-0.2, 0) is 11.2 Å². The molecule has 1 N–H and O–H groups in total. The Morgan fingerprint density at radius 2 is 2.30 bits per heavy atom. The summed E-state index contributed by atoms with van der Waals surface area (Å²) in [5.74, 6) is -0.0258. The van der Waals surface area contributed by atoms with Crippen LogP contribution in [0.1, 0.15) is 21.7 Å². The van der Waals surface area contributed by atoms with Gasteiger partial charge in [0.15, 0.2) is 0 Å². The van der Waals surface area contributed by atoms with E-state index in [9.17, 15) is 9.90 Å². The van der Waals surface area contributed by atoms with Crippen molar-refractivity contribution in [3.05, 3.63) is 53.4 Å². The monoisotopic (exact) mass is 316 g/mol. The predicted molar refractivity (Wildman–Crippen MR) is 83.1 cm³/mol. The van der Waals surface area contributed by atoms with Gasteiger partial charge < -0.3 is 19.3 Å². The fourth-order valence-corrected chi connectivity index (χ4v) is 2.95. The van der Waals surface area contributed by atoms with Crippen LogP contribution in [0, 0.1) is 6.92 Å². The highest BCUT2D eigenvalue weighted by molar-refractivity contribution is 5.91. The first kappa shape index (κ1) is 15.7. The molecule has 2 heterocycles. The van der Waals surface area contributed by atoms with Gasteiger partial charge in [0, 0.05) is 19.0 Å². The molecular formula is C17H20N2O4. The van der Waals surface area contributed by atoms with Crippen LogP contribution in [0.2, 0.25) is 0 Å². The topological polar surface area (TPSA) is 75.8 Å². The van der Waals surface area contributed by atoms with Gasteiger partial charge in [-0.3, -0.25) is 4.79 Å². The molecule has 1 atom stereocenters. The van der Waals surface area contributed by atoms with Crippen molar-refractivity contribution in [3.8, 4) is 0 Å². The second kappa shape index (κ2) is 6.52. The molecule has 0 radical (unpaired) electrons. The first-order valence-electron chi connectivity index (χ1n) is 7.62. The van der Waals surface area contributed by atoms with E-state index < -0.39 is 5.60 Å². The van der Waals surface area contributed by atoms with Crippen LogP contribution in [0.4, 0.5) is 0 Å². The molecule has 122 valence electrons. The highest BCUT2D eigenvalue weighted by atomic mass is 16.5. The number of aromatic nitrogens is 1. The Kier molecular flexibility index (Phi) is 4.45. The molecule has 0 bridgehead atoms.